The van der Waals surface area contributed by atoms with Crippen LogP contribution < -0.4 is 10.5 Å². The molecule has 0 saturated heterocycles. The normalized spacial score (nSPS) is 10.3. The summed E-state index contributed by atoms with van der Waals surface area (Å²) in [4.78, 5) is 0. The van der Waals surface area contributed by atoms with Crippen LogP contribution in [0.4, 0.5) is 8.78 Å². The van der Waals surface area contributed by atoms with Crippen LogP contribution in [0.15, 0.2) is 40.9 Å². The Hall–Kier alpha value is -1.95. The fourth-order valence-corrected chi connectivity index (χ4v) is 1.85. The second-order valence-electron chi connectivity index (χ2n) is 4.10. The summed E-state index contributed by atoms with van der Waals surface area (Å²) >= 11 is 3.29. The van der Waals surface area contributed by atoms with Crippen molar-refractivity contribution in [3.8, 4) is 5.75 Å². The van der Waals surface area contributed by atoms with Crippen molar-refractivity contribution in [2.75, 3.05) is 0 Å². The molecule has 0 fully saturated rings. The maximum atomic E-state index is 13.7. The summed E-state index contributed by atoms with van der Waals surface area (Å²) < 4.78 is 33.5. The first kappa shape index (κ1) is 14.5. The van der Waals surface area contributed by atoms with Gasteiger partial charge in [-0.05, 0) is 29.8 Å². The van der Waals surface area contributed by atoms with E-state index in [0.717, 1.165) is 22.2 Å². The molecule has 0 spiro atoms. The van der Waals surface area contributed by atoms with Crippen LogP contribution in [0.25, 0.3) is 0 Å². The zero-order chi connectivity index (χ0) is 14.7. The minimum Gasteiger partial charge on any atom is -0.483 e. The van der Waals surface area contributed by atoms with Gasteiger partial charge in [0.1, 0.15) is 12.4 Å². The summed E-state index contributed by atoms with van der Waals surface area (Å²) in [7, 11) is 0. The smallest absolute Gasteiger partial charge is 0.191 e. The van der Waals surface area contributed by atoms with Crippen molar-refractivity contribution in [3.05, 3.63) is 63.6 Å². The monoisotopic (exact) mass is 340 g/mol. The number of nitrogens with one attached hydrogen (secondary N) is 1. The zero-order valence-corrected chi connectivity index (χ0v) is 11.9. The molecule has 0 saturated carbocycles. The van der Waals surface area contributed by atoms with Gasteiger partial charge in [-0.15, -0.1) is 0 Å². The van der Waals surface area contributed by atoms with Crippen molar-refractivity contribution in [1.29, 1.82) is 5.41 Å². The van der Waals surface area contributed by atoms with Crippen LogP contribution in [0.3, 0.4) is 0 Å². The average molecular weight is 341 g/mol. The number of hydrogen-bond acceptors (Lipinski definition) is 2. The van der Waals surface area contributed by atoms with E-state index in [0.29, 0.717) is 0 Å². The van der Waals surface area contributed by atoms with Crippen molar-refractivity contribution >= 4 is 21.8 Å². The number of nitrogen functional groups attached to an aromatic ring is 1. The Balaban J connectivity index is 2.17. The number of nitrogens with two attached hydrogens (primary N) is 1. The van der Waals surface area contributed by atoms with Gasteiger partial charge in [0.15, 0.2) is 17.4 Å². The van der Waals surface area contributed by atoms with Crippen LogP contribution in [-0.2, 0) is 6.61 Å². The largest absolute Gasteiger partial charge is 0.483 e. The lowest BCUT2D eigenvalue weighted by Gasteiger charge is -2.10. The van der Waals surface area contributed by atoms with E-state index in [1.807, 2.05) is 12.1 Å². The molecule has 0 aliphatic carbocycles. The molecule has 0 aliphatic heterocycles. The Morgan fingerprint density at radius 1 is 1.15 bits per heavy atom. The molecule has 0 atom stereocenters. The quantitative estimate of drug-likeness (QED) is 0.660. The predicted octanol–water partition coefficient (Wildman–Crippen LogP) is 3.59. The first-order valence-electron chi connectivity index (χ1n) is 5.68. The second-order valence-corrected chi connectivity index (χ2v) is 5.01. The minimum atomic E-state index is -0.882. The fourth-order valence-electron chi connectivity index (χ4n) is 1.59. The highest BCUT2D eigenvalue weighted by atomic mass is 79.9. The van der Waals surface area contributed by atoms with Crippen molar-refractivity contribution in [1.82, 2.24) is 0 Å². The molecule has 0 bridgehead atoms. The summed E-state index contributed by atoms with van der Waals surface area (Å²) in [6, 6.07) is 9.13. The molecule has 2 aromatic rings. The van der Waals surface area contributed by atoms with Crippen molar-refractivity contribution in [2.45, 2.75) is 6.61 Å². The van der Waals surface area contributed by atoms with E-state index in [9.17, 15) is 8.78 Å². The lowest BCUT2D eigenvalue weighted by molar-refractivity contribution is 0.274. The van der Waals surface area contributed by atoms with Gasteiger partial charge < -0.3 is 10.5 Å². The maximum absolute atomic E-state index is 13.7. The highest BCUT2D eigenvalue weighted by Gasteiger charge is 2.14. The van der Waals surface area contributed by atoms with E-state index in [-0.39, 0.29) is 12.2 Å². The first-order chi connectivity index (χ1) is 9.47. The average Bonchev–Trinajstić information content (AvgIpc) is 2.39. The molecule has 3 N–H and O–H groups in total. The van der Waals surface area contributed by atoms with Gasteiger partial charge in [0.25, 0.3) is 0 Å². The van der Waals surface area contributed by atoms with Crippen LogP contribution in [0.1, 0.15) is 11.1 Å². The molecular formula is C14H11BrF2N2O. The highest BCUT2D eigenvalue weighted by molar-refractivity contribution is 9.10. The molecule has 6 heteroatoms. The fraction of sp³-hybridized carbons (Fsp3) is 0.0714. The summed E-state index contributed by atoms with van der Waals surface area (Å²) in [6.45, 7) is 0.0422. The number of halogens is 3. The molecule has 3 nitrogen and oxygen atoms in total. The minimum absolute atomic E-state index is 0.0176. The molecule has 104 valence electrons. The molecule has 0 aromatic heterocycles. The molecule has 0 radical (unpaired) electrons. The van der Waals surface area contributed by atoms with Crippen LogP contribution in [0.2, 0.25) is 0 Å². The number of amidine groups is 1. The van der Waals surface area contributed by atoms with Crippen LogP contribution in [0.5, 0.6) is 5.75 Å². The summed E-state index contributed by atoms with van der Waals surface area (Å²) in [5, 5.41) is 7.15. The van der Waals surface area contributed by atoms with Gasteiger partial charge in [-0.2, -0.15) is 0 Å². The Bertz CT molecular complexity index is 621. The third-order valence-corrected chi connectivity index (χ3v) is 3.13. The van der Waals surface area contributed by atoms with Crippen molar-refractivity contribution < 1.29 is 13.5 Å². The van der Waals surface area contributed by atoms with Gasteiger partial charge in [-0.1, -0.05) is 28.1 Å². The maximum Gasteiger partial charge on any atom is 0.191 e. The topological polar surface area (TPSA) is 59.1 Å². The molecule has 0 amide bonds. The van der Waals surface area contributed by atoms with Gasteiger partial charge in [-0.3, -0.25) is 5.41 Å². The van der Waals surface area contributed by atoms with E-state index >= 15 is 0 Å². The number of ether oxygens (including phenoxy) is 1. The van der Waals surface area contributed by atoms with Crippen LogP contribution in [0, 0.1) is 17.0 Å². The summed E-state index contributed by atoms with van der Waals surface area (Å²) in [5.74, 6) is -2.64. The van der Waals surface area contributed by atoms with E-state index < -0.39 is 23.2 Å². The van der Waals surface area contributed by atoms with Gasteiger partial charge in [0.05, 0.1) is 0 Å². The van der Waals surface area contributed by atoms with Crippen LogP contribution in [-0.4, -0.2) is 5.84 Å². The van der Waals surface area contributed by atoms with E-state index in [2.05, 4.69) is 15.9 Å². The summed E-state index contributed by atoms with van der Waals surface area (Å²) in [5.41, 5.74) is 5.95. The second kappa shape index (κ2) is 6.00. The third kappa shape index (κ3) is 3.33. The number of rotatable bonds is 4. The molecule has 2 rings (SSSR count). The number of hydrogen-bond donors (Lipinski definition) is 2. The van der Waals surface area contributed by atoms with E-state index in [1.54, 1.807) is 12.1 Å². The van der Waals surface area contributed by atoms with E-state index in [1.165, 1.54) is 0 Å². The molecular weight excluding hydrogens is 330 g/mol. The van der Waals surface area contributed by atoms with Crippen molar-refractivity contribution in [3.63, 3.8) is 0 Å². The highest BCUT2D eigenvalue weighted by Crippen LogP contribution is 2.24. The number of benzene rings is 2. The van der Waals surface area contributed by atoms with Crippen LogP contribution >= 0.6 is 15.9 Å². The lowest BCUT2D eigenvalue weighted by atomic mass is 10.2. The Labute approximate surface area is 123 Å². The lowest BCUT2D eigenvalue weighted by Crippen LogP contribution is -2.12. The predicted molar refractivity (Wildman–Crippen MR) is 75.8 cm³/mol. The van der Waals surface area contributed by atoms with Gasteiger partial charge in [0.2, 0.25) is 0 Å². The Kier molecular flexibility index (Phi) is 4.34. The summed E-state index contributed by atoms with van der Waals surface area (Å²) in [6.07, 6.45) is 0. The standard InChI is InChI=1S/C14H11BrF2N2O/c15-10-3-1-8(2-4-10)7-20-13-11(16)5-9(14(18)19)6-12(13)17/h1-6H,7H2,(H3,18,19). The Morgan fingerprint density at radius 3 is 2.20 bits per heavy atom. The molecule has 0 heterocycles. The van der Waals surface area contributed by atoms with E-state index in [4.69, 9.17) is 15.9 Å². The molecule has 0 unspecified atom stereocenters. The molecule has 0 aliphatic rings. The van der Waals surface area contributed by atoms with Gasteiger partial charge in [-0.25, -0.2) is 8.78 Å². The first-order valence-corrected chi connectivity index (χ1v) is 6.47. The van der Waals surface area contributed by atoms with Gasteiger partial charge in [0, 0.05) is 10.0 Å². The van der Waals surface area contributed by atoms with Crippen molar-refractivity contribution in [2.24, 2.45) is 5.73 Å². The molecule has 20 heavy (non-hydrogen) atoms. The SMILES string of the molecule is N=C(N)c1cc(F)c(OCc2ccc(Br)cc2)c(F)c1. The Morgan fingerprint density at radius 2 is 1.70 bits per heavy atom. The molecule has 2 aromatic carbocycles. The zero-order valence-electron chi connectivity index (χ0n) is 10.3. The van der Waals surface area contributed by atoms with Gasteiger partial charge >= 0.3 is 0 Å². The third-order valence-electron chi connectivity index (χ3n) is 2.61.